The zero-order valence-electron chi connectivity index (χ0n) is 7.40. The molecule has 0 aliphatic heterocycles. The number of hydrogen-bond acceptors (Lipinski definition) is 2. The van der Waals surface area contributed by atoms with Crippen LogP contribution in [0.25, 0.3) is 0 Å². The van der Waals surface area contributed by atoms with Crippen LogP contribution in [-0.2, 0) is 11.2 Å². The van der Waals surface area contributed by atoms with Gasteiger partial charge in [0.1, 0.15) is 5.75 Å². The molecule has 0 aliphatic rings. The summed E-state index contributed by atoms with van der Waals surface area (Å²) >= 11 is 0. The number of rotatable bonds is 2. The molecule has 0 saturated carbocycles. The van der Waals surface area contributed by atoms with Crippen LogP contribution in [0.2, 0.25) is 0 Å². The van der Waals surface area contributed by atoms with Crippen LogP contribution in [0.4, 0.5) is 0 Å². The van der Waals surface area contributed by atoms with E-state index < -0.39 is 0 Å². The second-order valence-electron chi connectivity index (χ2n) is 2.59. The fourth-order valence-electron chi connectivity index (χ4n) is 1.01. The monoisotopic (exact) mass is 177 g/mol. The summed E-state index contributed by atoms with van der Waals surface area (Å²) in [5.74, 6) is -0.105. The van der Waals surface area contributed by atoms with Gasteiger partial charge in [0.2, 0.25) is 5.91 Å². The topological polar surface area (TPSA) is 49.7 Å². The molecule has 0 atom stereocenters. The zero-order valence-corrected chi connectivity index (χ0v) is 7.40. The first-order valence-electron chi connectivity index (χ1n) is 4.02. The molecule has 0 unspecified atom stereocenters. The van der Waals surface area contributed by atoms with Crippen molar-refractivity contribution in [1.82, 2.24) is 0 Å². The minimum Gasteiger partial charge on any atom is -0.508 e. The number of aliphatic imine (C=N–C) groups is 1. The molecule has 0 fully saturated rings. The lowest BCUT2D eigenvalue weighted by molar-refractivity contribution is -0.117. The highest BCUT2D eigenvalue weighted by Gasteiger charge is 2.04. The van der Waals surface area contributed by atoms with Gasteiger partial charge in [-0.15, -0.1) is 0 Å². The Bertz CT molecular complexity index is 331. The van der Waals surface area contributed by atoms with Gasteiger partial charge in [-0.3, -0.25) is 4.79 Å². The minimum absolute atomic E-state index is 0.141. The van der Waals surface area contributed by atoms with E-state index in [-0.39, 0.29) is 18.1 Å². The lowest BCUT2D eigenvalue weighted by Crippen LogP contribution is -1.98. The number of para-hydroxylation sites is 1. The fraction of sp³-hybridized carbons (Fsp3) is 0.200. The number of carbonyl (C=O) groups is 1. The van der Waals surface area contributed by atoms with Crippen LogP contribution >= 0.6 is 0 Å². The average molecular weight is 177 g/mol. The van der Waals surface area contributed by atoms with Gasteiger partial charge in [-0.1, -0.05) is 18.2 Å². The third kappa shape index (κ3) is 2.71. The Morgan fingerprint density at radius 2 is 2.23 bits per heavy atom. The zero-order chi connectivity index (χ0) is 9.68. The van der Waals surface area contributed by atoms with E-state index in [1.54, 1.807) is 31.2 Å². The quantitative estimate of drug-likeness (QED) is 0.697. The summed E-state index contributed by atoms with van der Waals surface area (Å²) in [5, 5.41) is 9.32. The Morgan fingerprint density at radius 1 is 1.54 bits per heavy atom. The highest BCUT2D eigenvalue weighted by Crippen LogP contribution is 2.16. The summed E-state index contributed by atoms with van der Waals surface area (Å²) in [4.78, 5) is 14.6. The Hall–Kier alpha value is -1.64. The maximum atomic E-state index is 11.1. The molecule has 68 valence electrons. The molecule has 3 heteroatoms. The SMILES string of the molecule is CC=NC(=O)Cc1ccccc1O. The number of phenolic OH excluding ortho intramolecular Hbond substituents is 1. The summed E-state index contributed by atoms with van der Waals surface area (Å²) in [7, 11) is 0. The first-order valence-corrected chi connectivity index (χ1v) is 4.02. The van der Waals surface area contributed by atoms with Gasteiger partial charge >= 0.3 is 0 Å². The Balaban J connectivity index is 2.74. The number of amides is 1. The summed E-state index contributed by atoms with van der Waals surface area (Å²) in [5.41, 5.74) is 0.609. The molecule has 0 aromatic heterocycles. The van der Waals surface area contributed by atoms with Gasteiger partial charge < -0.3 is 5.11 Å². The van der Waals surface area contributed by atoms with Crippen molar-refractivity contribution in [2.24, 2.45) is 4.99 Å². The molecule has 13 heavy (non-hydrogen) atoms. The standard InChI is InChI=1S/C10H11NO2/c1-2-11-10(13)7-8-5-3-4-6-9(8)12/h2-6,12H,7H2,1H3. The number of carbonyl (C=O) groups excluding carboxylic acids is 1. The summed E-state index contributed by atoms with van der Waals surface area (Å²) < 4.78 is 0. The van der Waals surface area contributed by atoms with Crippen LogP contribution in [0.5, 0.6) is 5.75 Å². The predicted octanol–water partition coefficient (Wildman–Crippen LogP) is 1.55. The van der Waals surface area contributed by atoms with E-state index in [1.807, 2.05) is 0 Å². The first kappa shape index (κ1) is 9.45. The van der Waals surface area contributed by atoms with Crippen LogP contribution in [0.15, 0.2) is 29.3 Å². The Labute approximate surface area is 76.7 Å². The van der Waals surface area contributed by atoms with Crippen LogP contribution in [0.1, 0.15) is 12.5 Å². The smallest absolute Gasteiger partial charge is 0.249 e. The van der Waals surface area contributed by atoms with Crippen molar-refractivity contribution in [2.45, 2.75) is 13.3 Å². The van der Waals surface area contributed by atoms with Gasteiger partial charge in [0, 0.05) is 11.8 Å². The Morgan fingerprint density at radius 3 is 2.85 bits per heavy atom. The van der Waals surface area contributed by atoms with Crippen molar-refractivity contribution in [3.05, 3.63) is 29.8 Å². The van der Waals surface area contributed by atoms with Crippen molar-refractivity contribution in [3.63, 3.8) is 0 Å². The second-order valence-corrected chi connectivity index (χ2v) is 2.59. The lowest BCUT2D eigenvalue weighted by Gasteiger charge is -1.99. The third-order valence-corrected chi connectivity index (χ3v) is 1.61. The molecule has 0 spiro atoms. The predicted molar refractivity (Wildman–Crippen MR) is 51.0 cm³/mol. The molecule has 0 radical (unpaired) electrons. The molecule has 3 nitrogen and oxygen atoms in total. The number of aromatic hydroxyl groups is 1. The summed E-state index contributed by atoms with van der Waals surface area (Å²) in [6.07, 6.45) is 1.60. The van der Waals surface area contributed by atoms with E-state index in [2.05, 4.69) is 4.99 Å². The van der Waals surface area contributed by atoms with Crippen LogP contribution < -0.4 is 0 Å². The van der Waals surface area contributed by atoms with Crippen molar-refractivity contribution in [2.75, 3.05) is 0 Å². The van der Waals surface area contributed by atoms with Gasteiger partial charge in [-0.05, 0) is 13.0 Å². The first-order chi connectivity index (χ1) is 6.24. The molecule has 0 aliphatic carbocycles. The van der Waals surface area contributed by atoms with Crippen LogP contribution in [0.3, 0.4) is 0 Å². The number of benzene rings is 1. The molecule has 1 rings (SSSR count). The van der Waals surface area contributed by atoms with Gasteiger partial charge in [0.05, 0.1) is 6.42 Å². The molecule has 0 heterocycles. The Kier molecular flexibility index (Phi) is 3.20. The maximum absolute atomic E-state index is 11.1. The minimum atomic E-state index is -0.246. The number of hydrogen-bond donors (Lipinski definition) is 1. The van der Waals surface area contributed by atoms with E-state index in [0.29, 0.717) is 5.56 Å². The van der Waals surface area contributed by atoms with E-state index in [1.165, 1.54) is 6.21 Å². The summed E-state index contributed by atoms with van der Waals surface area (Å²) in [6, 6.07) is 6.75. The van der Waals surface area contributed by atoms with Gasteiger partial charge in [-0.2, -0.15) is 0 Å². The van der Waals surface area contributed by atoms with Crippen LogP contribution in [0, 0.1) is 0 Å². The molecule has 1 amide bonds. The largest absolute Gasteiger partial charge is 0.508 e. The highest BCUT2D eigenvalue weighted by molar-refractivity contribution is 5.86. The molecule has 1 aromatic rings. The van der Waals surface area contributed by atoms with Crippen LogP contribution in [-0.4, -0.2) is 17.2 Å². The van der Waals surface area contributed by atoms with E-state index >= 15 is 0 Å². The molecular weight excluding hydrogens is 166 g/mol. The van der Waals surface area contributed by atoms with E-state index in [4.69, 9.17) is 0 Å². The second kappa shape index (κ2) is 4.40. The molecule has 1 N–H and O–H groups in total. The fourth-order valence-corrected chi connectivity index (χ4v) is 1.01. The normalized spacial score (nSPS) is 10.5. The van der Waals surface area contributed by atoms with Gasteiger partial charge in [0.25, 0.3) is 0 Å². The van der Waals surface area contributed by atoms with E-state index in [0.717, 1.165) is 0 Å². The van der Waals surface area contributed by atoms with Crippen molar-refractivity contribution < 1.29 is 9.90 Å². The molecule has 1 aromatic carbocycles. The highest BCUT2D eigenvalue weighted by atomic mass is 16.3. The van der Waals surface area contributed by atoms with Crippen molar-refractivity contribution >= 4 is 12.1 Å². The maximum Gasteiger partial charge on any atom is 0.249 e. The lowest BCUT2D eigenvalue weighted by atomic mass is 10.1. The number of phenols is 1. The van der Waals surface area contributed by atoms with Gasteiger partial charge in [0.15, 0.2) is 0 Å². The average Bonchev–Trinajstić information content (AvgIpc) is 2.09. The molecular formula is C10H11NO2. The van der Waals surface area contributed by atoms with E-state index in [9.17, 15) is 9.90 Å². The van der Waals surface area contributed by atoms with Gasteiger partial charge in [-0.25, -0.2) is 4.99 Å². The molecule has 0 saturated heterocycles. The van der Waals surface area contributed by atoms with Crippen molar-refractivity contribution in [1.29, 1.82) is 0 Å². The third-order valence-electron chi connectivity index (χ3n) is 1.61. The summed E-state index contributed by atoms with van der Waals surface area (Å²) in [6.45, 7) is 1.68. The van der Waals surface area contributed by atoms with Crippen molar-refractivity contribution in [3.8, 4) is 5.75 Å². The number of nitrogens with zero attached hydrogens (tertiary/aromatic N) is 1. The molecule has 0 bridgehead atoms.